The van der Waals surface area contributed by atoms with Gasteiger partial charge in [-0.2, -0.15) is 0 Å². The SMILES string of the molecule is O=C1C=CC2=CC=CC3OC(CO)=C[N+]1=C23. The molecule has 0 bridgehead atoms. The largest absolute Gasteiger partial charge is 0.471 e. The van der Waals surface area contributed by atoms with Gasteiger partial charge in [0.2, 0.25) is 18.0 Å². The van der Waals surface area contributed by atoms with E-state index in [9.17, 15) is 4.79 Å². The number of carbonyl (C=O) groups excluding carboxylic acids is 1. The molecule has 1 N–H and O–H groups in total. The standard InChI is InChI=1S/C12H10NO3/c14-7-9-6-13-11(15)5-4-8-2-1-3-10(16-9)12(8)13/h1-6,10,14H,7H2/q+1. The van der Waals surface area contributed by atoms with Crippen LogP contribution in [0.5, 0.6) is 0 Å². The monoisotopic (exact) mass is 216 g/mol. The van der Waals surface area contributed by atoms with Crippen LogP contribution in [0.3, 0.4) is 0 Å². The lowest BCUT2D eigenvalue weighted by atomic mass is 9.96. The maximum absolute atomic E-state index is 11.7. The highest BCUT2D eigenvalue weighted by Gasteiger charge is 2.38. The minimum Gasteiger partial charge on any atom is -0.471 e. The summed E-state index contributed by atoms with van der Waals surface area (Å²) in [6, 6.07) is 0. The molecule has 0 saturated heterocycles. The third-order valence-corrected chi connectivity index (χ3v) is 2.74. The van der Waals surface area contributed by atoms with Gasteiger partial charge in [-0.1, -0.05) is 6.08 Å². The Kier molecular flexibility index (Phi) is 1.91. The number of carbonyl (C=O) groups is 1. The van der Waals surface area contributed by atoms with Gasteiger partial charge < -0.3 is 9.84 Å². The molecule has 16 heavy (non-hydrogen) atoms. The quantitative estimate of drug-likeness (QED) is 0.640. The van der Waals surface area contributed by atoms with E-state index in [4.69, 9.17) is 9.84 Å². The van der Waals surface area contributed by atoms with Crippen molar-refractivity contribution in [2.75, 3.05) is 6.61 Å². The van der Waals surface area contributed by atoms with Crippen LogP contribution in [0.25, 0.3) is 0 Å². The number of allylic oxidation sites excluding steroid dienone is 3. The molecule has 1 unspecified atom stereocenters. The second-order valence-electron chi connectivity index (χ2n) is 3.73. The van der Waals surface area contributed by atoms with E-state index < -0.39 is 0 Å². The first-order valence-electron chi connectivity index (χ1n) is 5.05. The third kappa shape index (κ3) is 1.20. The predicted molar refractivity (Wildman–Crippen MR) is 56.7 cm³/mol. The van der Waals surface area contributed by atoms with E-state index in [-0.39, 0.29) is 18.6 Å². The molecule has 3 rings (SSSR count). The van der Waals surface area contributed by atoms with Crippen LogP contribution in [0, 0.1) is 0 Å². The van der Waals surface area contributed by atoms with Crippen LogP contribution in [-0.2, 0) is 9.53 Å². The first-order valence-corrected chi connectivity index (χ1v) is 5.05. The van der Waals surface area contributed by atoms with E-state index in [1.807, 2.05) is 18.2 Å². The highest BCUT2D eigenvalue weighted by molar-refractivity contribution is 6.10. The summed E-state index contributed by atoms with van der Waals surface area (Å²) in [7, 11) is 0. The van der Waals surface area contributed by atoms with Gasteiger partial charge in [0.05, 0.1) is 6.08 Å². The highest BCUT2D eigenvalue weighted by Crippen LogP contribution is 2.23. The molecule has 2 heterocycles. The smallest absolute Gasteiger partial charge is 0.417 e. The molecular formula is C12H10NO3+. The summed E-state index contributed by atoms with van der Waals surface area (Å²) >= 11 is 0. The molecule has 0 fully saturated rings. The molecular weight excluding hydrogens is 206 g/mol. The van der Waals surface area contributed by atoms with Gasteiger partial charge in [0, 0.05) is 5.57 Å². The van der Waals surface area contributed by atoms with E-state index in [2.05, 4.69) is 0 Å². The van der Waals surface area contributed by atoms with Crippen molar-refractivity contribution in [2.45, 2.75) is 6.10 Å². The molecule has 0 radical (unpaired) electrons. The zero-order chi connectivity index (χ0) is 11.1. The van der Waals surface area contributed by atoms with Gasteiger partial charge >= 0.3 is 5.91 Å². The highest BCUT2D eigenvalue weighted by atomic mass is 16.5. The summed E-state index contributed by atoms with van der Waals surface area (Å²) in [5, 5.41) is 9.07. The van der Waals surface area contributed by atoms with E-state index in [0.29, 0.717) is 5.76 Å². The predicted octanol–water partition coefficient (Wildman–Crippen LogP) is 0.265. The van der Waals surface area contributed by atoms with E-state index in [1.54, 1.807) is 12.3 Å². The van der Waals surface area contributed by atoms with Crippen molar-refractivity contribution in [1.82, 2.24) is 0 Å². The number of rotatable bonds is 1. The zero-order valence-electron chi connectivity index (χ0n) is 8.46. The van der Waals surface area contributed by atoms with Gasteiger partial charge in [0.15, 0.2) is 5.76 Å². The van der Waals surface area contributed by atoms with Crippen molar-refractivity contribution in [3.05, 3.63) is 47.9 Å². The molecule has 4 nitrogen and oxygen atoms in total. The maximum Gasteiger partial charge on any atom is 0.417 e. The minimum atomic E-state index is -0.277. The molecule has 4 heteroatoms. The van der Waals surface area contributed by atoms with E-state index in [1.165, 1.54) is 10.7 Å². The Morgan fingerprint density at radius 2 is 2.31 bits per heavy atom. The van der Waals surface area contributed by atoms with Crippen molar-refractivity contribution in [1.29, 1.82) is 0 Å². The summed E-state index contributed by atoms with van der Waals surface area (Å²) in [4.78, 5) is 11.7. The Bertz CT molecular complexity index is 520. The third-order valence-electron chi connectivity index (χ3n) is 2.74. The molecule has 1 amide bonds. The summed E-state index contributed by atoms with van der Waals surface area (Å²) in [6.07, 6.45) is 10.3. The average molecular weight is 216 g/mol. The summed E-state index contributed by atoms with van der Waals surface area (Å²) in [6.45, 7) is -0.204. The number of aliphatic hydroxyl groups excluding tert-OH is 1. The number of ether oxygens (including phenoxy) is 1. The average Bonchev–Trinajstić information content (AvgIpc) is 2.33. The first kappa shape index (κ1) is 9.30. The van der Waals surface area contributed by atoms with Crippen molar-refractivity contribution in [3.63, 3.8) is 0 Å². The lowest BCUT2D eigenvalue weighted by Crippen LogP contribution is -2.40. The Morgan fingerprint density at radius 1 is 1.44 bits per heavy atom. The molecule has 80 valence electrons. The van der Waals surface area contributed by atoms with Crippen molar-refractivity contribution in [3.8, 4) is 0 Å². The summed E-state index contributed by atoms with van der Waals surface area (Å²) in [5.41, 5.74) is 1.80. The van der Waals surface area contributed by atoms with E-state index in [0.717, 1.165) is 11.3 Å². The zero-order valence-corrected chi connectivity index (χ0v) is 8.46. The molecule has 0 saturated carbocycles. The van der Waals surface area contributed by atoms with Crippen molar-refractivity contribution in [2.24, 2.45) is 0 Å². The van der Waals surface area contributed by atoms with Gasteiger partial charge in [0.25, 0.3) is 0 Å². The number of nitrogens with zero attached hydrogens (tertiary/aromatic N) is 1. The second kappa shape index (κ2) is 3.28. The number of aliphatic hydroxyl groups is 1. The first-order chi connectivity index (χ1) is 7.79. The van der Waals surface area contributed by atoms with Gasteiger partial charge in [-0.15, -0.1) is 4.58 Å². The molecule has 1 atom stereocenters. The fourth-order valence-corrected chi connectivity index (χ4v) is 2.02. The van der Waals surface area contributed by atoms with Gasteiger partial charge in [-0.25, -0.2) is 4.79 Å². The Morgan fingerprint density at radius 3 is 3.12 bits per heavy atom. The number of hydrogen-bond donors (Lipinski definition) is 1. The second-order valence-corrected chi connectivity index (χ2v) is 3.73. The molecule has 0 aromatic rings. The number of hydrogen-bond acceptors (Lipinski definition) is 3. The Labute approximate surface area is 92.2 Å². The number of amides is 1. The fourth-order valence-electron chi connectivity index (χ4n) is 2.02. The van der Waals surface area contributed by atoms with Crippen LogP contribution < -0.4 is 0 Å². The lowest BCUT2D eigenvalue weighted by molar-refractivity contribution is -0.386. The fraction of sp³-hybridized carbons (Fsp3) is 0.167. The molecule has 0 aromatic heterocycles. The Balaban J connectivity index is 2.19. The van der Waals surface area contributed by atoms with Crippen LogP contribution in [0.15, 0.2) is 47.9 Å². The van der Waals surface area contributed by atoms with Crippen LogP contribution in [0.1, 0.15) is 0 Å². The topological polar surface area (TPSA) is 49.5 Å². The molecule has 2 aliphatic heterocycles. The maximum atomic E-state index is 11.7. The van der Waals surface area contributed by atoms with E-state index >= 15 is 0 Å². The van der Waals surface area contributed by atoms with Gasteiger partial charge in [-0.3, -0.25) is 0 Å². The minimum absolute atomic E-state index is 0.110. The summed E-state index contributed by atoms with van der Waals surface area (Å²) in [5.74, 6) is 0.296. The van der Waals surface area contributed by atoms with Crippen molar-refractivity contribution < 1.29 is 19.2 Å². The lowest BCUT2D eigenvalue weighted by Gasteiger charge is -2.24. The molecule has 0 aromatic carbocycles. The van der Waals surface area contributed by atoms with Gasteiger partial charge in [-0.05, 0) is 18.2 Å². The Hall–Kier alpha value is -1.94. The molecule has 3 aliphatic rings. The van der Waals surface area contributed by atoms with Crippen molar-refractivity contribution >= 4 is 11.6 Å². The summed E-state index contributed by atoms with van der Waals surface area (Å²) < 4.78 is 7.08. The van der Waals surface area contributed by atoms with Crippen LogP contribution in [0.2, 0.25) is 0 Å². The van der Waals surface area contributed by atoms with Crippen LogP contribution >= 0.6 is 0 Å². The van der Waals surface area contributed by atoms with Crippen LogP contribution in [-0.4, -0.2) is 34.0 Å². The normalized spacial score (nSPS) is 26.1. The molecule has 1 aliphatic carbocycles. The van der Waals surface area contributed by atoms with Gasteiger partial charge in [0.1, 0.15) is 6.61 Å². The van der Waals surface area contributed by atoms with Crippen LogP contribution in [0.4, 0.5) is 0 Å². The molecule has 0 spiro atoms.